The normalized spacial score (nSPS) is 12.5. The minimum atomic E-state index is 0.177. The third kappa shape index (κ3) is 2.56. The van der Waals surface area contributed by atoms with Crippen LogP contribution >= 0.6 is 11.6 Å². The molecule has 108 valence electrons. The summed E-state index contributed by atoms with van der Waals surface area (Å²) in [7, 11) is 0. The molecule has 6 heteroatoms. The summed E-state index contributed by atoms with van der Waals surface area (Å²) in [6.45, 7) is 4.07. The number of hydrogen-bond acceptors (Lipinski definition) is 4. The molecule has 2 aromatic heterocycles. The third-order valence-electron chi connectivity index (χ3n) is 3.53. The maximum absolute atomic E-state index is 6.19. The van der Waals surface area contributed by atoms with Crippen molar-refractivity contribution in [2.45, 2.75) is 26.3 Å². The summed E-state index contributed by atoms with van der Waals surface area (Å²) in [4.78, 5) is 8.32. The zero-order valence-corrected chi connectivity index (χ0v) is 12.7. The lowest BCUT2D eigenvalue weighted by atomic mass is 10.0. The van der Waals surface area contributed by atoms with Crippen LogP contribution in [0.25, 0.3) is 5.78 Å². The Labute approximate surface area is 128 Å². The van der Waals surface area contributed by atoms with E-state index in [-0.39, 0.29) is 6.04 Å². The van der Waals surface area contributed by atoms with Crippen LogP contribution in [0.2, 0.25) is 5.15 Å². The van der Waals surface area contributed by atoms with E-state index < -0.39 is 0 Å². The minimum absolute atomic E-state index is 0.177. The van der Waals surface area contributed by atoms with Crippen LogP contribution in [0.1, 0.15) is 30.5 Å². The fourth-order valence-electron chi connectivity index (χ4n) is 2.34. The second-order valence-electron chi connectivity index (χ2n) is 4.86. The number of fused-ring (bicyclic) bond motifs is 1. The van der Waals surface area contributed by atoms with E-state index in [9.17, 15) is 0 Å². The molecule has 1 N–H and O–H groups in total. The first kappa shape index (κ1) is 13.8. The highest BCUT2D eigenvalue weighted by Crippen LogP contribution is 2.27. The van der Waals surface area contributed by atoms with Gasteiger partial charge in [-0.3, -0.25) is 0 Å². The summed E-state index contributed by atoms with van der Waals surface area (Å²) < 4.78 is 1.69. The number of nitrogens with one attached hydrogen (secondary N) is 1. The van der Waals surface area contributed by atoms with Crippen LogP contribution < -0.4 is 5.32 Å². The smallest absolute Gasteiger partial charge is 0.255 e. The Balaban J connectivity index is 2.04. The van der Waals surface area contributed by atoms with Gasteiger partial charge in [0.2, 0.25) is 0 Å². The fraction of sp³-hybridized carbons (Fsp3) is 0.267. The zero-order valence-electron chi connectivity index (χ0n) is 11.9. The maximum Gasteiger partial charge on any atom is 0.255 e. The quantitative estimate of drug-likeness (QED) is 0.747. The van der Waals surface area contributed by atoms with Gasteiger partial charge in [-0.05, 0) is 18.9 Å². The summed E-state index contributed by atoms with van der Waals surface area (Å²) in [5.41, 5.74) is 2.09. The van der Waals surface area contributed by atoms with Gasteiger partial charge < -0.3 is 5.32 Å². The largest absolute Gasteiger partial charge is 0.363 e. The van der Waals surface area contributed by atoms with Gasteiger partial charge in [0.15, 0.2) is 0 Å². The van der Waals surface area contributed by atoms with Crippen molar-refractivity contribution >= 4 is 23.2 Å². The fourth-order valence-corrected chi connectivity index (χ4v) is 2.50. The van der Waals surface area contributed by atoms with E-state index in [1.807, 2.05) is 25.1 Å². The van der Waals surface area contributed by atoms with Gasteiger partial charge in [0.25, 0.3) is 5.78 Å². The molecule has 5 nitrogen and oxygen atoms in total. The Morgan fingerprint density at radius 3 is 2.76 bits per heavy atom. The molecule has 0 saturated heterocycles. The Kier molecular flexibility index (Phi) is 3.75. The monoisotopic (exact) mass is 301 g/mol. The molecule has 0 saturated carbocycles. The molecule has 0 aliphatic rings. The van der Waals surface area contributed by atoms with Crippen LogP contribution in [-0.4, -0.2) is 19.6 Å². The number of benzene rings is 1. The van der Waals surface area contributed by atoms with Crippen LogP contribution in [0.5, 0.6) is 0 Å². The number of aromatic nitrogens is 4. The van der Waals surface area contributed by atoms with Crippen molar-refractivity contribution in [3.8, 4) is 0 Å². The number of rotatable bonds is 4. The zero-order chi connectivity index (χ0) is 14.8. The van der Waals surface area contributed by atoms with Crippen LogP contribution in [0.3, 0.4) is 0 Å². The molecule has 0 fully saturated rings. The summed E-state index contributed by atoms with van der Waals surface area (Å²) in [6.07, 6.45) is 2.42. The van der Waals surface area contributed by atoms with E-state index in [0.717, 1.165) is 17.8 Å². The van der Waals surface area contributed by atoms with Crippen molar-refractivity contribution in [3.63, 3.8) is 0 Å². The second kappa shape index (κ2) is 5.69. The van der Waals surface area contributed by atoms with E-state index in [1.165, 1.54) is 11.9 Å². The van der Waals surface area contributed by atoms with Crippen molar-refractivity contribution in [3.05, 3.63) is 52.9 Å². The lowest BCUT2D eigenvalue weighted by Crippen LogP contribution is -2.14. The van der Waals surface area contributed by atoms with Gasteiger partial charge >= 0.3 is 0 Å². The average molecular weight is 302 g/mol. The molecule has 1 aromatic carbocycles. The molecule has 0 amide bonds. The minimum Gasteiger partial charge on any atom is -0.363 e. The molecule has 0 spiro atoms. The molecule has 0 aliphatic heterocycles. The molecule has 1 atom stereocenters. The lowest BCUT2D eigenvalue weighted by molar-refractivity contribution is 0.733. The number of halogens is 1. The van der Waals surface area contributed by atoms with Gasteiger partial charge in [0.05, 0.1) is 6.04 Å². The topological polar surface area (TPSA) is 55.1 Å². The third-order valence-corrected chi connectivity index (χ3v) is 3.89. The summed E-state index contributed by atoms with van der Waals surface area (Å²) in [5, 5.41) is 8.19. The summed E-state index contributed by atoms with van der Waals surface area (Å²) >= 11 is 6.19. The van der Waals surface area contributed by atoms with Crippen LogP contribution in [0.4, 0.5) is 5.82 Å². The molecule has 1 unspecified atom stereocenters. The van der Waals surface area contributed by atoms with Gasteiger partial charge in [0.1, 0.15) is 17.3 Å². The molecule has 3 aromatic rings. The lowest BCUT2D eigenvalue weighted by Gasteiger charge is -2.20. The van der Waals surface area contributed by atoms with Gasteiger partial charge in [-0.2, -0.15) is 19.6 Å². The molecular weight excluding hydrogens is 286 g/mol. The highest BCUT2D eigenvalue weighted by Gasteiger charge is 2.16. The van der Waals surface area contributed by atoms with E-state index in [1.54, 1.807) is 4.52 Å². The van der Waals surface area contributed by atoms with Crippen molar-refractivity contribution in [1.29, 1.82) is 0 Å². The Bertz CT molecular complexity index is 753. The number of nitrogens with zero attached hydrogens (tertiary/aromatic N) is 4. The van der Waals surface area contributed by atoms with E-state index in [0.29, 0.717) is 10.9 Å². The molecule has 3 rings (SSSR count). The Morgan fingerprint density at radius 1 is 1.29 bits per heavy atom. The first-order valence-electron chi connectivity index (χ1n) is 6.88. The molecule has 2 heterocycles. The van der Waals surface area contributed by atoms with E-state index >= 15 is 0 Å². The number of anilines is 1. The van der Waals surface area contributed by atoms with E-state index in [2.05, 4.69) is 39.4 Å². The van der Waals surface area contributed by atoms with Crippen molar-refractivity contribution in [2.24, 2.45) is 0 Å². The maximum atomic E-state index is 6.19. The molecular formula is C15H16ClN5. The molecule has 21 heavy (non-hydrogen) atoms. The molecule has 0 radical (unpaired) electrons. The van der Waals surface area contributed by atoms with Crippen molar-refractivity contribution < 1.29 is 0 Å². The van der Waals surface area contributed by atoms with E-state index in [4.69, 9.17) is 11.6 Å². The van der Waals surface area contributed by atoms with Crippen LogP contribution in [0, 0.1) is 6.92 Å². The first-order chi connectivity index (χ1) is 10.2. The number of hydrogen-bond donors (Lipinski definition) is 1. The summed E-state index contributed by atoms with van der Waals surface area (Å²) in [5.74, 6) is 1.33. The van der Waals surface area contributed by atoms with Crippen LogP contribution in [-0.2, 0) is 0 Å². The summed E-state index contributed by atoms with van der Waals surface area (Å²) in [6, 6.07) is 10.5. The SMILES string of the molecule is CCC(Nc1c(C)c(Cl)nc2ncnn12)c1ccccc1. The van der Waals surface area contributed by atoms with Gasteiger partial charge in [-0.1, -0.05) is 48.9 Å². The molecule has 0 aliphatic carbocycles. The highest BCUT2D eigenvalue weighted by molar-refractivity contribution is 6.30. The predicted octanol–water partition coefficient (Wildman–Crippen LogP) is 3.65. The Morgan fingerprint density at radius 2 is 2.05 bits per heavy atom. The predicted molar refractivity (Wildman–Crippen MR) is 83.6 cm³/mol. The van der Waals surface area contributed by atoms with Crippen molar-refractivity contribution in [2.75, 3.05) is 5.32 Å². The second-order valence-corrected chi connectivity index (χ2v) is 5.22. The molecule has 0 bridgehead atoms. The average Bonchev–Trinajstić information content (AvgIpc) is 2.97. The van der Waals surface area contributed by atoms with Crippen LogP contribution in [0.15, 0.2) is 36.7 Å². The standard InChI is InChI=1S/C15H16ClN5/c1-3-12(11-7-5-4-6-8-11)19-14-10(2)13(16)20-15-17-9-18-21(14)15/h4-9,12,19H,3H2,1-2H3. The highest BCUT2D eigenvalue weighted by atomic mass is 35.5. The van der Waals surface area contributed by atoms with Crippen molar-refractivity contribution in [1.82, 2.24) is 19.6 Å². The van der Waals surface area contributed by atoms with Gasteiger partial charge in [-0.25, -0.2) is 0 Å². The first-order valence-corrected chi connectivity index (χ1v) is 7.25. The van der Waals surface area contributed by atoms with Gasteiger partial charge in [0, 0.05) is 5.56 Å². The van der Waals surface area contributed by atoms with Gasteiger partial charge in [-0.15, -0.1) is 0 Å². The Hall–Kier alpha value is -2.14.